The number of likely N-dealkylation sites (N-methyl/N-ethyl adjacent to an activating group) is 1. The van der Waals surface area contributed by atoms with E-state index in [-0.39, 0.29) is 6.04 Å². The first kappa shape index (κ1) is 14.5. The highest BCUT2D eigenvalue weighted by Gasteiger charge is 2.21. The minimum atomic E-state index is 0.245. The Kier molecular flexibility index (Phi) is 5.79. The number of aromatic nitrogens is 2. The van der Waals surface area contributed by atoms with Crippen molar-refractivity contribution in [1.82, 2.24) is 15.5 Å². The summed E-state index contributed by atoms with van der Waals surface area (Å²) >= 11 is 0. The van der Waals surface area contributed by atoms with Gasteiger partial charge in [0.25, 0.3) is 0 Å². The molecular weight excluding hydrogens is 242 g/mol. The fourth-order valence-electron chi connectivity index (χ4n) is 2.77. The lowest BCUT2D eigenvalue weighted by Gasteiger charge is -2.17. The molecule has 108 valence electrons. The SMILES string of the molecule is CCNC(COC)Cc1nc(C2CCCCC2)no1. The minimum absolute atomic E-state index is 0.245. The topological polar surface area (TPSA) is 60.2 Å². The van der Waals surface area contributed by atoms with Gasteiger partial charge in [0.1, 0.15) is 0 Å². The van der Waals surface area contributed by atoms with Gasteiger partial charge in [-0.2, -0.15) is 4.98 Å². The van der Waals surface area contributed by atoms with Crippen molar-refractivity contribution in [1.29, 1.82) is 0 Å². The summed E-state index contributed by atoms with van der Waals surface area (Å²) in [6.45, 7) is 3.66. The average Bonchev–Trinajstić information content (AvgIpc) is 2.89. The zero-order valence-electron chi connectivity index (χ0n) is 12.0. The Bertz CT molecular complexity index is 355. The molecule has 1 atom stereocenters. The van der Waals surface area contributed by atoms with Crippen LogP contribution in [0.4, 0.5) is 0 Å². The third-order valence-electron chi connectivity index (χ3n) is 3.74. The number of hydrogen-bond donors (Lipinski definition) is 1. The Hall–Kier alpha value is -0.940. The van der Waals surface area contributed by atoms with Crippen LogP contribution in [0.5, 0.6) is 0 Å². The summed E-state index contributed by atoms with van der Waals surface area (Å²) in [5.41, 5.74) is 0. The van der Waals surface area contributed by atoms with Crippen LogP contribution >= 0.6 is 0 Å². The minimum Gasteiger partial charge on any atom is -0.383 e. The third kappa shape index (κ3) is 4.28. The first-order valence-electron chi connectivity index (χ1n) is 7.38. The molecule has 1 saturated carbocycles. The Morgan fingerprint density at radius 2 is 2.16 bits per heavy atom. The second-order valence-electron chi connectivity index (χ2n) is 5.30. The largest absolute Gasteiger partial charge is 0.383 e. The van der Waals surface area contributed by atoms with Crippen molar-refractivity contribution in [2.45, 2.75) is 57.4 Å². The molecule has 0 aromatic carbocycles. The van der Waals surface area contributed by atoms with E-state index in [1.807, 2.05) is 0 Å². The number of hydrogen-bond acceptors (Lipinski definition) is 5. The van der Waals surface area contributed by atoms with Crippen molar-refractivity contribution in [3.05, 3.63) is 11.7 Å². The molecule has 5 heteroatoms. The number of methoxy groups -OCH3 is 1. The normalized spacial score (nSPS) is 18.6. The molecule has 2 rings (SSSR count). The van der Waals surface area contributed by atoms with Crippen LogP contribution in [0.1, 0.15) is 56.7 Å². The van der Waals surface area contributed by atoms with Crippen LogP contribution in [0.2, 0.25) is 0 Å². The Balaban J connectivity index is 1.91. The maximum atomic E-state index is 5.38. The molecule has 0 spiro atoms. The average molecular weight is 267 g/mol. The van der Waals surface area contributed by atoms with Crippen molar-refractivity contribution in [2.24, 2.45) is 0 Å². The fourth-order valence-corrected chi connectivity index (χ4v) is 2.77. The maximum absolute atomic E-state index is 5.38. The molecule has 1 unspecified atom stereocenters. The van der Waals surface area contributed by atoms with E-state index in [2.05, 4.69) is 22.4 Å². The highest BCUT2D eigenvalue weighted by Crippen LogP contribution is 2.30. The van der Waals surface area contributed by atoms with Gasteiger partial charge in [-0.15, -0.1) is 0 Å². The number of ether oxygens (including phenoxy) is 1. The quantitative estimate of drug-likeness (QED) is 0.821. The van der Waals surface area contributed by atoms with Gasteiger partial charge in [0.2, 0.25) is 5.89 Å². The summed E-state index contributed by atoms with van der Waals surface area (Å²) in [6, 6.07) is 0.245. The second-order valence-corrected chi connectivity index (χ2v) is 5.30. The van der Waals surface area contributed by atoms with Crippen LogP contribution in [0.25, 0.3) is 0 Å². The van der Waals surface area contributed by atoms with Crippen LogP contribution in [0.3, 0.4) is 0 Å². The van der Waals surface area contributed by atoms with E-state index in [4.69, 9.17) is 9.26 Å². The molecule has 1 aromatic rings. The molecule has 1 fully saturated rings. The zero-order chi connectivity index (χ0) is 13.5. The van der Waals surface area contributed by atoms with Gasteiger partial charge in [0.05, 0.1) is 6.61 Å². The molecule has 0 amide bonds. The first-order valence-corrected chi connectivity index (χ1v) is 7.38. The van der Waals surface area contributed by atoms with Crippen molar-refractivity contribution < 1.29 is 9.26 Å². The standard InChI is InChI=1S/C14H25N3O2/c1-3-15-12(10-18-2)9-13-16-14(17-19-13)11-7-5-4-6-8-11/h11-12,15H,3-10H2,1-2H3. The summed E-state index contributed by atoms with van der Waals surface area (Å²) in [4.78, 5) is 4.56. The van der Waals surface area contributed by atoms with Gasteiger partial charge in [0, 0.05) is 25.5 Å². The molecule has 5 nitrogen and oxygen atoms in total. The zero-order valence-corrected chi connectivity index (χ0v) is 12.0. The van der Waals surface area contributed by atoms with Gasteiger partial charge in [-0.3, -0.25) is 0 Å². The summed E-state index contributed by atoms with van der Waals surface area (Å²) in [5, 5.41) is 7.53. The molecule has 1 aromatic heterocycles. The predicted octanol–water partition coefficient (Wildman–Crippen LogP) is 2.28. The fraction of sp³-hybridized carbons (Fsp3) is 0.857. The highest BCUT2D eigenvalue weighted by atomic mass is 16.5. The molecule has 1 aliphatic carbocycles. The predicted molar refractivity (Wildman–Crippen MR) is 73.2 cm³/mol. The number of nitrogens with one attached hydrogen (secondary N) is 1. The van der Waals surface area contributed by atoms with E-state index in [1.54, 1.807) is 7.11 Å². The van der Waals surface area contributed by atoms with Gasteiger partial charge in [-0.25, -0.2) is 0 Å². The summed E-state index contributed by atoms with van der Waals surface area (Å²) in [6.07, 6.45) is 7.07. The molecule has 1 heterocycles. The van der Waals surface area contributed by atoms with Gasteiger partial charge < -0.3 is 14.6 Å². The lowest BCUT2D eigenvalue weighted by atomic mass is 9.89. The Morgan fingerprint density at radius 3 is 2.84 bits per heavy atom. The highest BCUT2D eigenvalue weighted by molar-refractivity contribution is 4.98. The lowest BCUT2D eigenvalue weighted by Crippen LogP contribution is -2.35. The van der Waals surface area contributed by atoms with E-state index in [9.17, 15) is 0 Å². The molecule has 0 saturated heterocycles. The van der Waals surface area contributed by atoms with E-state index in [0.717, 1.165) is 24.7 Å². The van der Waals surface area contributed by atoms with Crippen molar-refractivity contribution >= 4 is 0 Å². The summed E-state index contributed by atoms with van der Waals surface area (Å²) in [7, 11) is 1.71. The van der Waals surface area contributed by atoms with Gasteiger partial charge in [-0.05, 0) is 19.4 Å². The van der Waals surface area contributed by atoms with Crippen LogP contribution < -0.4 is 5.32 Å². The summed E-state index contributed by atoms with van der Waals surface area (Å²) in [5.74, 6) is 2.14. The molecular formula is C14H25N3O2. The van der Waals surface area contributed by atoms with Gasteiger partial charge >= 0.3 is 0 Å². The van der Waals surface area contributed by atoms with Crippen molar-refractivity contribution in [3.8, 4) is 0 Å². The van der Waals surface area contributed by atoms with Crippen LogP contribution in [0.15, 0.2) is 4.52 Å². The molecule has 1 aliphatic rings. The van der Waals surface area contributed by atoms with Gasteiger partial charge in [0.15, 0.2) is 5.82 Å². The molecule has 0 bridgehead atoms. The van der Waals surface area contributed by atoms with E-state index in [1.165, 1.54) is 32.1 Å². The van der Waals surface area contributed by atoms with Crippen LogP contribution in [-0.2, 0) is 11.2 Å². The molecule has 1 N–H and O–H groups in total. The van der Waals surface area contributed by atoms with E-state index in [0.29, 0.717) is 12.5 Å². The van der Waals surface area contributed by atoms with Crippen molar-refractivity contribution in [2.75, 3.05) is 20.3 Å². The third-order valence-corrected chi connectivity index (χ3v) is 3.74. The molecule has 19 heavy (non-hydrogen) atoms. The van der Waals surface area contributed by atoms with Crippen molar-refractivity contribution in [3.63, 3.8) is 0 Å². The van der Waals surface area contributed by atoms with Gasteiger partial charge in [-0.1, -0.05) is 31.3 Å². The lowest BCUT2D eigenvalue weighted by molar-refractivity contribution is 0.162. The maximum Gasteiger partial charge on any atom is 0.228 e. The van der Waals surface area contributed by atoms with Crippen LogP contribution in [0, 0.1) is 0 Å². The Labute approximate surface area is 115 Å². The van der Waals surface area contributed by atoms with E-state index >= 15 is 0 Å². The number of rotatable bonds is 7. The Morgan fingerprint density at radius 1 is 1.37 bits per heavy atom. The second kappa shape index (κ2) is 7.60. The number of nitrogens with zero attached hydrogens (tertiary/aromatic N) is 2. The summed E-state index contributed by atoms with van der Waals surface area (Å²) < 4.78 is 10.6. The monoisotopic (exact) mass is 267 g/mol. The molecule has 0 aliphatic heterocycles. The smallest absolute Gasteiger partial charge is 0.228 e. The van der Waals surface area contributed by atoms with E-state index < -0.39 is 0 Å². The van der Waals surface area contributed by atoms with Crippen LogP contribution in [-0.4, -0.2) is 36.4 Å². The molecule has 0 radical (unpaired) electrons. The first-order chi connectivity index (χ1) is 9.33.